The van der Waals surface area contributed by atoms with Gasteiger partial charge in [-0.1, -0.05) is 12.1 Å². The second-order valence-corrected chi connectivity index (χ2v) is 5.13. The molecule has 104 valence electrons. The second-order valence-electron chi connectivity index (χ2n) is 4.27. The number of carbonyl (C=O) groups excluding carboxylic acids is 1. The molecule has 4 nitrogen and oxygen atoms in total. The molecule has 0 saturated heterocycles. The molecule has 0 saturated carbocycles. The Morgan fingerprint density at radius 2 is 1.95 bits per heavy atom. The van der Waals surface area contributed by atoms with Gasteiger partial charge in [-0.05, 0) is 46.3 Å². The minimum Gasteiger partial charge on any atom is -0.496 e. The lowest BCUT2D eigenvalue weighted by Gasteiger charge is -2.19. The molecule has 0 aromatic heterocycles. The van der Waals surface area contributed by atoms with Crippen molar-refractivity contribution in [1.82, 2.24) is 0 Å². The zero-order valence-electron chi connectivity index (χ0n) is 11.3. The number of methoxy groups -OCH3 is 1. The quantitative estimate of drug-likeness (QED) is 0.876. The Balaban J connectivity index is 2.32. The van der Waals surface area contributed by atoms with Crippen LogP contribution in [0.3, 0.4) is 0 Å². The summed E-state index contributed by atoms with van der Waals surface area (Å²) in [6, 6.07) is 12.5. The summed E-state index contributed by atoms with van der Waals surface area (Å²) in [4.78, 5) is 14.0. The van der Waals surface area contributed by atoms with Gasteiger partial charge in [-0.25, -0.2) is 0 Å². The molecule has 0 spiro atoms. The van der Waals surface area contributed by atoms with Crippen LogP contribution >= 0.6 is 15.9 Å². The number of halogens is 1. The molecule has 0 radical (unpaired) electrons. The average molecular weight is 335 g/mol. The van der Waals surface area contributed by atoms with Crippen molar-refractivity contribution in [3.63, 3.8) is 0 Å². The number of amides is 1. The van der Waals surface area contributed by atoms with Crippen molar-refractivity contribution in [3.8, 4) is 5.75 Å². The molecule has 0 bridgehead atoms. The van der Waals surface area contributed by atoms with Crippen molar-refractivity contribution in [1.29, 1.82) is 0 Å². The van der Waals surface area contributed by atoms with Gasteiger partial charge in [0.25, 0.3) is 5.91 Å². The van der Waals surface area contributed by atoms with Gasteiger partial charge in [0, 0.05) is 12.6 Å². The van der Waals surface area contributed by atoms with E-state index in [1.165, 1.54) is 4.90 Å². The third-order valence-corrected chi connectivity index (χ3v) is 3.62. The van der Waals surface area contributed by atoms with Crippen LogP contribution in [0, 0.1) is 0 Å². The van der Waals surface area contributed by atoms with Crippen molar-refractivity contribution in [2.45, 2.75) is 0 Å². The molecule has 0 aliphatic rings. The molecule has 0 atom stereocenters. The molecule has 0 fully saturated rings. The first-order chi connectivity index (χ1) is 9.54. The summed E-state index contributed by atoms with van der Waals surface area (Å²) in [5, 5.41) is 0. The number of rotatable bonds is 3. The Kier molecular flexibility index (Phi) is 4.29. The maximum absolute atomic E-state index is 12.5. The first-order valence-electron chi connectivity index (χ1n) is 6.00. The van der Waals surface area contributed by atoms with E-state index in [4.69, 9.17) is 10.5 Å². The van der Waals surface area contributed by atoms with Crippen LogP contribution in [0.25, 0.3) is 0 Å². The number of nitrogens with zero attached hydrogens (tertiary/aromatic N) is 1. The minimum absolute atomic E-state index is 0.133. The lowest BCUT2D eigenvalue weighted by atomic mass is 10.1. The number of hydrogen-bond donors (Lipinski definition) is 1. The fraction of sp³-hybridized carbons (Fsp3) is 0.133. The van der Waals surface area contributed by atoms with Gasteiger partial charge in [-0.2, -0.15) is 0 Å². The monoisotopic (exact) mass is 334 g/mol. The van der Waals surface area contributed by atoms with Gasteiger partial charge < -0.3 is 15.4 Å². The number of ether oxygens (including phenoxy) is 1. The predicted molar refractivity (Wildman–Crippen MR) is 84.3 cm³/mol. The van der Waals surface area contributed by atoms with Gasteiger partial charge in [-0.15, -0.1) is 0 Å². The standard InChI is InChI=1S/C15H15BrN2O2/c1-18(13-6-4-3-5-12(13)17)15(19)10-7-8-14(20-2)11(16)9-10/h3-9H,17H2,1-2H3. The normalized spacial score (nSPS) is 10.2. The Morgan fingerprint density at radius 3 is 2.55 bits per heavy atom. The average Bonchev–Trinajstić information content (AvgIpc) is 2.46. The summed E-state index contributed by atoms with van der Waals surface area (Å²) in [6.45, 7) is 0. The van der Waals surface area contributed by atoms with Crippen LogP contribution in [0.5, 0.6) is 5.75 Å². The van der Waals surface area contributed by atoms with Crippen LogP contribution < -0.4 is 15.4 Å². The van der Waals surface area contributed by atoms with E-state index >= 15 is 0 Å². The maximum Gasteiger partial charge on any atom is 0.258 e. The summed E-state index contributed by atoms with van der Waals surface area (Å²) in [5.74, 6) is 0.551. The number of nitrogens with two attached hydrogens (primary N) is 1. The van der Waals surface area contributed by atoms with Crippen molar-refractivity contribution in [2.24, 2.45) is 0 Å². The topological polar surface area (TPSA) is 55.6 Å². The lowest BCUT2D eigenvalue weighted by Crippen LogP contribution is -2.27. The second kappa shape index (κ2) is 5.96. The lowest BCUT2D eigenvalue weighted by molar-refractivity contribution is 0.0993. The zero-order valence-corrected chi connectivity index (χ0v) is 12.8. The van der Waals surface area contributed by atoms with Gasteiger partial charge in [0.1, 0.15) is 5.75 Å². The van der Waals surface area contributed by atoms with E-state index in [2.05, 4.69) is 15.9 Å². The van der Waals surface area contributed by atoms with Crippen LogP contribution in [0.4, 0.5) is 11.4 Å². The number of carbonyl (C=O) groups is 1. The first-order valence-corrected chi connectivity index (χ1v) is 6.80. The van der Waals surface area contributed by atoms with E-state index in [0.717, 1.165) is 4.47 Å². The molecular weight excluding hydrogens is 320 g/mol. The summed E-state index contributed by atoms with van der Waals surface area (Å²) in [6.07, 6.45) is 0. The number of anilines is 2. The molecule has 5 heteroatoms. The molecule has 2 N–H and O–H groups in total. The Hall–Kier alpha value is -2.01. The third-order valence-electron chi connectivity index (χ3n) is 3.00. The van der Waals surface area contributed by atoms with E-state index < -0.39 is 0 Å². The maximum atomic E-state index is 12.5. The molecule has 20 heavy (non-hydrogen) atoms. The third kappa shape index (κ3) is 2.77. The Bertz CT molecular complexity index is 644. The molecular formula is C15H15BrN2O2. The molecule has 0 heterocycles. The van der Waals surface area contributed by atoms with Gasteiger partial charge in [0.2, 0.25) is 0 Å². The number of benzene rings is 2. The summed E-state index contributed by atoms with van der Waals surface area (Å²) >= 11 is 3.38. The van der Waals surface area contributed by atoms with Gasteiger partial charge in [-0.3, -0.25) is 4.79 Å². The molecule has 2 rings (SSSR count). The Labute approximate surface area is 126 Å². The van der Waals surface area contributed by atoms with E-state index in [9.17, 15) is 4.79 Å². The van der Waals surface area contributed by atoms with Crippen molar-refractivity contribution in [2.75, 3.05) is 24.8 Å². The van der Waals surface area contributed by atoms with Crippen LogP contribution in [0.2, 0.25) is 0 Å². The van der Waals surface area contributed by atoms with Crippen molar-refractivity contribution < 1.29 is 9.53 Å². The molecule has 2 aromatic rings. The summed E-state index contributed by atoms with van der Waals surface area (Å²) < 4.78 is 5.89. The SMILES string of the molecule is COc1ccc(C(=O)N(C)c2ccccc2N)cc1Br. The highest BCUT2D eigenvalue weighted by molar-refractivity contribution is 9.10. The highest BCUT2D eigenvalue weighted by Crippen LogP contribution is 2.28. The number of para-hydroxylation sites is 2. The van der Waals surface area contributed by atoms with E-state index in [-0.39, 0.29) is 5.91 Å². The van der Waals surface area contributed by atoms with Crippen LogP contribution in [0.1, 0.15) is 10.4 Å². The van der Waals surface area contributed by atoms with Crippen molar-refractivity contribution in [3.05, 3.63) is 52.5 Å². The van der Waals surface area contributed by atoms with Crippen LogP contribution in [-0.2, 0) is 0 Å². The zero-order chi connectivity index (χ0) is 14.7. The molecule has 0 aliphatic carbocycles. The Morgan fingerprint density at radius 1 is 1.25 bits per heavy atom. The van der Waals surface area contributed by atoms with Gasteiger partial charge in [0.15, 0.2) is 0 Å². The molecule has 0 unspecified atom stereocenters. The predicted octanol–water partition coefficient (Wildman–Crippen LogP) is 3.32. The first kappa shape index (κ1) is 14.4. The van der Waals surface area contributed by atoms with Gasteiger partial charge in [0.05, 0.1) is 23.0 Å². The van der Waals surface area contributed by atoms with Gasteiger partial charge >= 0.3 is 0 Å². The van der Waals surface area contributed by atoms with E-state index in [1.54, 1.807) is 38.4 Å². The molecule has 1 amide bonds. The number of hydrogen-bond acceptors (Lipinski definition) is 3. The van der Waals surface area contributed by atoms with E-state index in [0.29, 0.717) is 22.7 Å². The fourth-order valence-electron chi connectivity index (χ4n) is 1.90. The summed E-state index contributed by atoms with van der Waals surface area (Å²) in [7, 11) is 3.28. The van der Waals surface area contributed by atoms with Crippen LogP contribution in [0.15, 0.2) is 46.9 Å². The minimum atomic E-state index is -0.133. The van der Waals surface area contributed by atoms with Crippen LogP contribution in [-0.4, -0.2) is 20.1 Å². The highest BCUT2D eigenvalue weighted by Gasteiger charge is 2.16. The van der Waals surface area contributed by atoms with E-state index in [1.807, 2.05) is 18.2 Å². The molecule has 2 aromatic carbocycles. The highest BCUT2D eigenvalue weighted by atomic mass is 79.9. The summed E-state index contributed by atoms with van der Waals surface area (Å²) in [5.41, 5.74) is 7.70. The fourth-order valence-corrected chi connectivity index (χ4v) is 2.44. The largest absolute Gasteiger partial charge is 0.496 e. The molecule has 0 aliphatic heterocycles. The smallest absolute Gasteiger partial charge is 0.258 e. The number of nitrogen functional groups attached to an aromatic ring is 1. The van der Waals surface area contributed by atoms with Crippen molar-refractivity contribution >= 4 is 33.2 Å².